The number of piperidine rings is 1. The zero-order valence-corrected chi connectivity index (χ0v) is 16.2. The molecule has 0 radical (unpaired) electrons. The first-order valence-electron chi connectivity index (χ1n) is 9.13. The number of benzene rings is 1. The van der Waals surface area contributed by atoms with Gasteiger partial charge in [0.05, 0.1) is 18.7 Å². The van der Waals surface area contributed by atoms with E-state index < -0.39 is 5.97 Å². The van der Waals surface area contributed by atoms with Crippen LogP contribution in [0.5, 0.6) is 5.75 Å². The van der Waals surface area contributed by atoms with Gasteiger partial charge in [0.25, 0.3) is 5.91 Å². The molecule has 0 unspecified atom stereocenters. The summed E-state index contributed by atoms with van der Waals surface area (Å²) in [6.07, 6.45) is 2.38. The zero-order valence-electron chi connectivity index (χ0n) is 15.4. The van der Waals surface area contributed by atoms with Gasteiger partial charge >= 0.3 is 5.97 Å². The molecule has 1 aromatic rings. The molecule has 0 aromatic heterocycles. The van der Waals surface area contributed by atoms with E-state index in [2.05, 4.69) is 0 Å². The summed E-state index contributed by atoms with van der Waals surface area (Å²) in [5, 5.41) is 9.53. The van der Waals surface area contributed by atoms with Crippen LogP contribution in [0.2, 0.25) is 5.02 Å². The van der Waals surface area contributed by atoms with Crippen molar-refractivity contribution in [3.8, 4) is 5.75 Å². The Morgan fingerprint density at radius 2 is 2.00 bits per heavy atom. The molecule has 0 aliphatic carbocycles. The Kier molecular flexibility index (Phi) is 7.72. The summed E-state index contributed by atoms with van der Waals surface area (Å²) in [7, 11) is 0. The van der Waals surface area contributed by atoms with Gasteiger partial charge in [-0.3, -0.25) is 14.5 Å². The molecule has 6 nitrogen and oxygen atoms in total. The highest BCUT2D eigenvalue weighted by atomic mass is 35.5. The minimum Gasteiger partial charge on any atom is -0.493 e. The van der Waals surface area contributed by atoms with Gasteiger partial charge in [-0.05, 0) is 44.0 Å². The molecule has 26 heavy (non-hydrogen) atoms. The van der Waals surface area contributed by atoms with Gasteiger partial charge in [-0.25, -0.2) is 0 Å². The molecule has 1 fully saturated rings. The van der Waals surface area contributed by atoms with Crippen LogP contribution in [0.25, 0.3) is 0 Å². The van der Waals surface area contributed by atoms with Crippen molar-refractivity contribution in [2.24, 2.45) is 0 Å². The van der Waals surface area contributed by atoms with E-state index in [9.17, 15) is 9.59 Å². The molecule has 144 valence electrons. The fourth-order valence-electron chi connectivity index (χ4n) is 3.28. The number of aliphatic carboxylic acids is 1. The maximum Gasteiger partial charge on any atom is 0.317 e. The molecule has 2 rings (SSSR count). The van der Waals surface area contributed by atoms with Crippen LogP contribution in [-0.2, 0) is 4.79 Å². The number of nitrogens with zero attached hydrogens (tertiary/aromatic N) is 2. The third kappa shape index (κ3) is 5.35. The number of carboxylic acid groups (broad SMARTS) is 1. The van der Waals surface area contributed by atoms with Gasteiger partial charge in [-0.2, -0.15) is 0 Å². The van der Waals surface area contributed by atoms with Crippen LogP contribution in [0.3, 0.4) is 0 Å². The second kappa shape index (κ2) is 9.78. The number of ether oxygens (including phenoxy) is 1. The molecule has 1 saturated heterocycles. The number of amides is 1. The lowest BCUT2D eigenvalue weighted by Crippen LogP contribution is -2.48. The van der Waals surface area contributed by atoms with Crippen molar-refractivity contribution in [3.63, 3.8) is 0 Å². The number of carboxylic acids is 1. The molecule has 1 N–H and O–H groups in total. The number of carbonyl (C=O) groups is 2. The van der Waals surface area contributed by atoms with Crippen molar-refractivity contribution in [1.29, 1.82) is 0 Å². The van der Waals surface area contributed by atoms with Gasteiger partial charge in [0.2, 0.25) is 0 Å². The van der Waals surface area contributed by atoms with E-state index in [-0.39, 0.29) is 18.5 Å². The second-order valence-electron chi connectivity index (χ2n) is 6.47. The zero-order chi connectivity index (χ0) is 19.1. The van der Waals surface area contributed by atoms with Crippen molar-refractivity contribution in [3.05, 3.63) is 28.8 Å². The Bertz CT molecular complexity index is 630. The third-order valence-corrected chi connectivity index (χ3v) is 4.88. The molecule has 0 spiro atoms. The van der Waals surface area contributed by atoms with Crippen LogP contribution in [0, 0.1) is 0 Å². The Hall–Kier alpha value is -1.79. The number of rotatable bonds is 8. The SMILES string of the molecule is CCCOc1ccc(Cl)cc1C(=O)N1CCC(N(CC)CC(=O)O)CC1. The number of hydrogen-bond donors (Lipinski definition) is 1. The van der Waals surface area contributed by atoms with Gasteiger partial charge in [-0.15, -0.1) is 0 Å². The summed E-state index contributed by atoms with van der Waals surface area (Å²) >= 11 is 6.08. The maximum absolute atomic E-state index is 12.9. The van der Waals surface area contributed by atoms with Crippen molar-refractivity contribution in [2.45, 2.75) is 39.2 Å². The predicted molar refractivity (Wildman–Crippen MR) is 101 cm³/mol. The van der Waals surface area contributed by atoms with Gasteiger partial charge in [0, 0.05) is 24.2 Å². The fourth-order valence-corrected chi connectivity index (χ4v) is 3.46. The van der Waals surface area contributed by atoms with Gasteiger partial charge < -0.3 is 14.7 Å². The molecule has 1 amide bonds. The molecule has 7 heteroatoms. The molecule has 0 saturated carbocycles. The normalized spacial score (nSPS) is 15.3. The molecular weight excluding hydrogens is 356 g/mol. The monoisotopic (exact) mass is 382 g/mol. The topological polar surface area (TPSA) is 70.1 Å². The van der Waals surface area contributed by atoms with E-state index in [1.54, 1.807) is 23.1 Å². The summed E-state index contributed by atoms with van der Waals surface area (Å²) < 4.78 is 5.69. The summed E-state index contributed by atoms with van der Waals surface area (Å²) in [6, 6.07) is 5.31. The Balaban J connectivity index is 2.04. The van der Waals surface area contributed by atoms with E-state index in [0.717, 1.165) is 19.3 Å². The molecule has 1 aliphatic rings. The summed E-state index contributed by atoms with van der Waals surface area (Å²) in [5.74, 6) is -0.343. The van der Waals surface area contributed by atoms with Crippen LogP contribution < -0.4 is 4.74 Å². The molecule has 0 bridgehead atoms. The van der Waals surface area contributed by atoms with Gasteiger partial charge in [-0.1, -0.05) is 25.4 Å². The predicted octanol–water partition coefficient (Wildman–Crippen LogP) is 3.14. The Morgan fingerprint density at radius 1 is 1.31 bits per heavy atom. The lowest BCUT2D eigenvalue weighted by Gasteiger charge is -2.37. The first-order chi connectivity index (χ1) is 12.5. The van der Waals surface area contributed by atoms with E-state index in [1.165, 1.54) is 0 Å². The number of carbonyl (C=O) groups excluding carboxylic acids is 1. The standard InChI is InChI=1S/C19H27ClN2O4/c1-3-11-26-17-6-5-14(20)12-16(17)19(25)22-9-7-15(8-10-22)21(4-2)13-18(23)24/h5-6,12,15H,3-4,7-11,13H2,1-2H3,(H,23,24). The first-order valence-corrected chi connectivity index (χ1v) is 9.51. The minimum atomic E-state index is -0.818. The number of halogens is 1. The van der Waals surface area contributed by atoms with Crippen molar-refractivity contribution >= 4 is 23.5 Å². The number of hydrogen-bond acceptors (Lipinski definition) is 4. The summed E-state index contributed by atoms with van der Waals surface area (Å²) in [4.78, 5) is 27.7. The fraction of sp³-hybridized carbons (Fsp3) is 0.579. The van der Waals surface area contributed by atoms with E-state index >= 15 is 0 Å². The minimum absolute atomic E-state index is 0.0401. The average Bonchev–Trinajstić information content (AvgIpc) is 2.64. The third-order valence-electron chi connectivity index (χ3n) is 4.65. The van der Waals surface area contributed by atoms with Crippen LogP contribution >= 0.6 is 11.6 Å². The molecule has 1 aromatic carbocycles. The van der Waals surface area contributed by atoms with E-state index in [0.29, 0.717) is 42.6 Å². The lowest BCUT2D eigenvalue weighted by atomic mass is 10.0. The lowest BCUT2D eigenvalue weighted by molar-refractivity contribution is -0.139. The smallest absolute Gasteiger partial charge is 0.317 e. The van der Waals surface area contributed by atoms with Crippen molar-refractivity contribution in [1.82, 2.24) is 9.80 Å². The largest absolute Gasteiger partial charge is 0.493 e. The molecular formula is C19H27ClN2O4. The van der Waals surface area contributed by atoms with Gasteiger partial charge in [0.1, 0.15) is 5.75 Å². The van der Waals surface area contributed by atoms with E-state index in [4.69, 9.17) is 21.4 Å². The second-order valence-corrected chi connectivity index (χ2v) is 6.91. The Labute approximate surface area is 159 Å². The van der Waals surface area contributed by atoms with Crippen molar-refractivity contribution in [2.75, 3.05) is 32.8 Å². The first kappa shape index (κ1) is 20.5. The quantitative estimate of drug-likeness (QED) is 0.747. The number of likely N-dealkylation sites (N-methyl/N-ethyl adjacent to an activating group) is 1. The van der Waals surface area contributed by atoms with Crippen LogP contribution in [0.1, 0.15) is 43.5 Å². The van der Waals surface area contributed by atoms with Crippen LogP contribution in [0.15, 0.2) is 18.2 Å². The van der Waals surface area contributed by atoms with Gasteiger partial charge in [0.15, 0.2) is 0 Å². The Morgan fingerprint density at radius 3 is 2.58 bits per heavy atom. The highest BCUT2D eigenvalue weighted by molar-refractivity contribution is 6.31. The molecule has 1 aliphatic heterocycles. The highest BCUT2D eigenvalue weighted by Gasteiger charge is 2.29. The molecule has 0 atom stereocenters. The van der Waals surface area contributed by atoms with E-state index in [1.807, 2.05) is 18.7 Å². The summed E-state index contributed by atoms with van der Waals surface area (Å²) in [5.41, 5.74) is 0.488. The summed E-state index contributed by atoms with van der Waals surface area (Å²) in [6.45, 7) is 6.44. The maximum atomic E-state index is 12.9. The van der Waals surface area contributed by atoms with Crippen molar-refractivity contribution < 1.29 is 19.4 Å². The van der Waals surface area contributed by atoms with Crippen LogP contribution in [-0.4, -0.2) is 65.6 Å². The average molecular weight is 383 g/mol. The number of likely N-dealkylation sites (tertiary alicyclic amines) is 1. The highest BCUT2D eigenvalue weighted by Crippen LogP contribution is 2.26. The molecule has 1 heterocycles. The van der Waals surface area contributed by atoms with Crippen LogP contribution in [0.4, 0.5) is 0 Å².